The van der Waals surface area contributed by atoms with Crippen LogP contribution in [-0.4, -0.2) is 67.0 Å². The molecule has 1 fully saturated rings. The average Bonchev–Trinajstić information content (AvgIpc) is 2.88. The molecule has 0 aliphatic carbocycles. The number of fused-ring (bicyclic) bond motifs is 1. The third kappa shape index (κ3) is 3.13. The second kappa shape index (κ2) is 6.75. The molecular formula is C16H16ClN7O2. The van der Waals surface area contributed by atoms with Crippen LogP contribution in [0.15, 0.2) is 30.9 Å². The Balaban J connectivity index is 1.64. The molecule has 4 heterocycles. The smallest absolute Gasteiger partial charge is 0.407 e. The van der Waals surface area contributed by atoms with E-state index in [2.05, 4.69) is 20.1 Å². The van der Waals surface area contributed by atoms with Crippen molar-refractivity contribution in [2.45, 2.75) is 6.42 Å². The molecule has 9 nitrogen and oxygen atoms in total. The summed E-state index contributed by atoms with van der Waals surface area (Å²) in [5.74, 6) is 1.26. The van der Waals surface area contributed by atoms with Gasteiger partial charge in [-0.2, -0.15) is 5.10 Å². The van der Waals surface area contributed by atoms with Crippen molar-refractivity contribution in [3.8, 4) is 5.82 Å². The highest BCUT2D eigenvalue weighted by Gasteiger charge is 2.20. The van der Waals surface area contributed by atoms with Crippen LogP contribution in [0.2, 0.25) is 5.15 Å². The normalized spacial score (nSPS) is 15.3. The molecule has 0 radical (unpaired) electrons. The van der Waals surface area contributed by atoms with Crippen LogP contribution in [-0.2, 0) is 0 Å². The summed E-state index contributed by atoms with van der Waals surface area (Å²) in [6.45, 7) is 2.25. The summed E-state index contributed by atoms with van der Waals surface area (Å²) in [6.07, 6.45) is 6.52. The van der Waals surface area contributed by atoms with Crippen molar-refractivity contribution in [1.82, 2.24) is 29.6 Å². The van der Waals surface area contributed by atoms with Crippen molar-refractivity contribution in [2.24, 2.45) is 0 Å². The Kier molecular flexibility index (Phi) is 4.29. The number of carbonyl (C=O) groups is 1. The van der Waals surface area contributed by atoms with Crippen LogP contribution in [0.5, 0.6) is 0 Å². The lowest BCUT2D eigenvalue weighted by atomic mass is 10.3. The number of amides is 1. The lowest BCUT2D eigenvalue weighted by Gasteiger charge is -2.21. The fourth-order valence-corrected chi connectivity index (χ4v) is 3.17. The molecule has 0 spiro atoms. The molecule has 0 bridgehead atoms. The Morgan fingerprint density at radius 1 is 1.08 bits per heavy atom. The van der Waals surface area contributed by atoms with Crippen LogP contribution in [0, 0.1) is 0 Å². The van der Waals surface area contributed by atoms with E-state index >= 15 is 0 Å². The first-order valence-corrected chi connectivity index (χ1v) is 8.54. The van der Waals surface area contributed by atoms with E-state index in [0.717, 1.165) is 23.9 Å². The zero-order chi connectivity index (χ0) is 18.1. The molecule has 3 aromatic heterocycles. The zero-order valence-electron chi connectivity index (χ0n) is 13.8. The Labute approximate surface area is 153 Å². The van der Waals surface area contributed by atoms with E-state index in [4.69, 9.17) is 16.7 Å². The molecule has 1 saturated heterocycles. The average molecular weight is 374 g/mol. The summed E-state index contributed by atoms with van der Waals surface area (Å²) in [5, 5.41) is 14.8. The van der Waals surface area contributed by atoms with Gasteiger partial charge < -0.3 is 14.9 Å². The lowest BCUT2D eigenvalue weighted by molar-refractivity contribution is 0.148. The van der Waals surface area contributed by atoms with Crippen LogP contribution in [0.3, 0.4) is 0 Å². The number of pyridine rings is 1. The Morgan fingerprint density at radius 3 is 2.77 bits per heavy atom. The second-order valence-corrected chi connectivity index (χ2v) is 6.36. The molecule has 0 saturated carbocycles. The van der Waals surface area contributed by atoms with Gasteiger partial charge in [-0.05, 0) is 6.42 Å². The van der Waals surface area contributed by atoms with Crippen molar-refractivity contribution >= 4 is 34.4 Å². The molecule has 1 aliphatic rings. The Morgan fingerprint density at radius 2 is 1.92 bits per heavy atom. The Bertz CT molecular complexity index is 961. The van der Waals surface area contributed by atoms with Gasteiger partial charge in [0.1, 0.15) is 11.0 Å². The van der Waals surface area contributed by atoms with Crippen LogP contribution >= 0.6 is 11.6 Å². The molecule has 134 valence electrons. The van der Waals surface area contributed by atoms with E-state index in [-0.39, 0.29) is 0 Å². The van der Waals surface area contributed by atoms with Crippen molar-refractivity contribution < 1.29 is 9.90 Å². The van der Waals surface area contributed by atoms with E-state index in [1.807, 2.05) is 4.90 Å². The fourth-order valence-electron chi connectivity index (χ4n) is 3.02. The molecule has 0 unspecified atom stereocenters. The summed E-state index contributed by atoms with van der Waals surface area (Å²) in [5.41, 5.74) is 0.796. The highest BCUT2D eigenvalue weighted by atomic mass is 35.5. The number of halogens is 1. The summed E-state index contributed by atoms with van der Waals surface area (Å²) >= 11 is 6.00. The minimum absolute atomic E-state index is 0.379. The molecule has 0 aromatic carbocycles. The number of anilines is 1. The van der Waals surface area contributed by atoms with Gasteiger partial charge in [0, 0.05) is 43.8 Å². The van der Waals surface area contributed by atoms with Gasteiger partial charge in [-0.15, -0.1) is 0 Å². The van der Waals surface area contributed by atoms with Crippen molar-refractivity contribution in [3.63, 3.8) is 0 Å². The maximum atomic E-state index is 11.2. The predicted octanol–water partition coefficient (Wildman–Crippen LogP) is 2.05. The number of carboxylic acid groups (broad SMARTS) is 1. The maximum Gasteiger partial charge on any atom is 0.407 e. The van der Waals surface area contributed by atoms with Gasteiger partial charge in [-0.1, -0.05) is 11.6 Å². The first-order chi connectivity index (χ1) is 12.6. The number of hydrogen-bond donors (Lipinski definition) is 1. The molecule has 4 rings (SSSR count). The van der Waals surface area contributed by atoms with Gasteiger partial charge in [0.25, 0.3) is 0 Å². The van der Waals surface area contributed by atoms with Crippen molar-refractivity contribution in [1.29, 1.82) is 0 Å². The zero-order valence-corrected chi connectivity index (χ0v) is 14.5. The van der Waals surface area contributed by atoms with E-state index in [9.17, 15) is 4.79 Å². The number of rotatable bonds is 2. The van der Waals surface area contributed by atoms with Gasteiger partial charge in [-0.25, -0.2) is 19.4 Å². The number of hydrogen-bond acceptors (Lipinski definition) is 6. The van der Waals surface area contributed by atoms with E-state index in [1.165, 1.54) is 4.90 Å². The molecule has 1 amide bonds. The molecule has 3 aromatic rings. The molecule has 1 N–H and O–H groups in total. The molecule has 1 aliphatic heterocycles. The van der Waals surface area contributed by atoms with E-state index in [1.54, 1.807) is 35.5 Å². The Hall–Kier alpha value is -2.94. The molecular weight excluding hydrogens is 358 g/mol. The van der Waals surface area contributed by atoms with Crippen LogP contribution in [0.4, 0.5) is 10.6 Å². The van der Waals surface area contributed by atoms with Crippen molar-refractivity contribution in [3.05, 3.63) is 36.0 Å². The molecule has 10 heteroatoms. The van der Waals surface area contributed by atoms with Gasteiger partial charge in [0.2, 0.25) is 0 Å². The largest absolute Gasteiger partial charge is 0.465 e. The third-order valence-corrected chi connectivity index (χ3v) is 4.54. The standard InChI is InChI=1S/C16H16ClN7O2/c17-13-6-12-11(7-19-13)8-20-24(12)15-10-18-9-14(21-15)22-2-1-3-23(5-4-22)16(25)26/h6-10H,1-5H2,(H,25,26). The van der Waals surface area contributed by atoms with Gasteiger partial charge in [0.05, 0.1) is 24.1 Å². The highest BCUT2D eigenvalue weighted by Crippen LogP contribution is 2.21. The second-order valence-electron chi connectivity index (χ2n) is 5.97. The van der Waals surface area contributed by atoms with Crippen LogP contribution in [0.25, 0.3) is 16.7 Å². The summed E-state index contributed by atoms with van der Waals surface area (Å²) in [6, 6.07) is 1.73. The van der Waals surface area contributed by atoms with Crippen molar-refractivity contribution in [2.75, 3.05) is 31.1 Å². The lowest BCUT2D eigenvalue weighted by Crippen LogP contribution is -2.34. The predicted molar refractivity (Wildman–Crippen MR) is 95.9 cm³/mol. The molecule has 0 atom stereocenters. The minimum atomic E-state index is -0.889. The van der Waals surface area contributed by atoms with E-state index in [0.29, 0.717) is 36.4 Å². The summed E-state index contributed by atoms with van der Waals surface area (Å²) in [4.78, 5) is 27.6. The molecule has 26 heavy (non-hydrogen) atoms. The topological polar surface area (TPSA) is 100 Å². The first kappa shape index (κ1) is 16.5. The summed E-state index contributed by atoms with van der Waals surface area (Å²) < 4.78 is 1.67. The van der Waals surface area contributed by atoms with Gasteiger partial charge >= 0.3 is 6.09 Å². The fraction of sp³-hybridized carbons (Fsp3) is 0.312. The first-order valence-electron chi connectivity index (χ1n) is 8.16. The van der Waals surface area contributed by atoms with E-state index < -0.39 is 6.09 Å². The monoisotopic (exact) mass is 373 g/mol. The third-order valence-electron chi connectivity index (χ3n) is 4.34. The SMILES string of the molecule is O=C(O)N1CCCN(c2cncc(-n3ncc4cnc(Cl)cc43)n2)CC1. The maximum absolute atomic E-state index is 11.2. The quantitative estimate of drug-likeness (QED) is 0.686. The highest BCUT2D eigenvalue weighted by molar-refractivity contribution is 6.30. The van der Waals surface area contributed by atoms with Gasteiger partial charge in [0.15, 0.2) is 5.82 Å². The van der Waals surface area contributed by atoms with Crippen LogP contribution < -0.4 is 4.90 Å². The van der Waals surface area contributed by atoms with Gasteiger partial charge in [-0.3, -0.25) is 4.98 Å². The number of nitrogens with zero attached hydrogens (tertiary/aromatic N) is 7. The summed E-state index contributed by atoms with van der Waals surface area (Å²) in [7, 11) is 0. The van der Waals surface area contributed by atoms with Crippen LogP contribution in [0.1, 0.15) is 6.42 Å². The number of aromatic nitrogens is 5. The minimum Gasteiger partial charge on any atom is -0.465 e.